The van der Waals surface area contributed by atoms with E-state index in [2.05, 4.69) is 0 Å². The Bertz CT molecular complexity index is 563. The van der Waals surface area contributed by atoms with Gasteiger partial charge in [-0.1, -0.05) is 11.6 Å². The minimum atomic E-state index is -0.828. The van der Waals surface area contributed by atoms with Crippen molar-refractivity contribution in [1.82, 2.24) is 0 Å². The van der Waals surface area contributed by atoms with Gasteiger partial charge in [0.15, 0.2) is 11.5 Å². The van der Waals surface area contributed by atoms with Crippen molar-refractivity contribution in [3.63, 3.8) is 0 Å². The van der Waals surface area contributed by atoms with Crippen LogP contribution >= 0.6 is 11.6 Å². The molecule has 0 spiro atoms. The summed E-state index contributed by atoms with van der Waals surface area (Å²) in [5.74, 6) is 0.416. The number of carboxylic acid groups (broad SMARTS) is 1. The van der Waals surface area contributed by atoms with E-state index in [1.165, 1.54) is 0 Å². The highest BCUT2D eigenvalue weighted by Gasteiger charge is 2.54. The van der Waals surface area contributed by atoms with Crippen LogP contribution in [0, 0.1) is 0 Å². The van der Waals surface area contributed by atoms with Gasteiger partial charge in [0.1, 0.15) is 6.10 Å². The van der Waals surface area contributed by atoms with Crippen molar-refractivity contribution in [2.45, 2.75) is 37.7 Å². The monoisotopic (exact) mass is 282 g/mol. The third-order valence-corrected chi connectivity index (χ3v) is 4.41. The standard InChI is InChI=1S/C14H15ClO4/c1-7-5-8-11(15)9(14(3-4-14)13(16)17)6-10(18-2)12(8)19-7/h6-7H,3-5H2,1-2H3,(H,16,17). The summed E-state index contributed by atoms with van der Waals surface area (Å²) in [5.41, 5.74) is 0.705. The second-order valence-electron chi connectivity index (χ2n) is 5.27. The minimum absolute atomic E-state index is 0.0385. The molecule has 1 aliphatic heterocycles. The van der Waals surface area contributed by atoms with Crippen LogP contribution in [-0.2, 0) is 16.6 Å². The van der Waals surface area contributed by atoms with Crippen LogP contribution in [0.4, 0.5) is 0 Å². The molecule has 5 heteroatoms. The molecule has 1 unspecified atom stereocenters. The number of ether oxygens (including phenoxy) is 2. The molecule has 1 aromatic rings. The smallest absolute Gasteiger partial charge is 0.314 e. The first-order chi connectivity index (χ1) is 8.99. The highest BCUT2D eigenvalue weighted by Crippen LogP contribution is 2.55. The molecule has 1 saturated carbocycles. The third-order valence-electron chi connectivity index (χ3n) is 3.98. The molecule has 0 bridgehead atoms. The first kappa shape index (κ1) is 12.6. The summed E-state index contributed by atoms with van der Waals surface area (Å²) in [6, 6.07) is 1.72. The first-order valence-electron chi connectivity index (χ1n) is 6.29. The Morgan fingerprint density at radius 2 is 2.26 bits per heavy atom. The van der Waals surface area contributed by atoms with E-state index in [9.17, 15) is 9.90 Å². The van der Waals surface area contributed by atoms with Gasteiger partial charge in [-0.15, -0.1) is 0 Å². The van der Waals surface area contributed by atoms with Crippen molar-refractivity contribution in [3.8, 4) is 11.5 Å². The van der Waals surface area contributed by atoms with Crippen LogP contribution in [0.1, 0.15) is 30.9 Å². The van der Waals surface area contributed by atoms with Crippen molar-refractivity contribution in [3.05, 3.63) is 22.2 Å². The lowest BCUT2D eigenvalue weighted by Gasteiger charge is -2.17. The minimum Gasteiger partial charge on any atom is -0.493 e. The molecular formula is C14H15ClO4. The molecule has 102 valence electrons. The zero-order chi connectivity index (χ0) is 13.8. The Balaban J connectivity index is 2.18. The van der Waals surface area contributed by atoms with Gasteiger partial charge in [-0.25, -0.2) is 0 Å². The number of halogens is 1. The lowest BCUT2D eigenvalue weighted by Crippen LogP contribution is -2.20. The number of methoxy groups -OCH3 is 1. The summed E-state index contributed by atoms with van der Waals surface area (Å²) in [4.78, 5) is 11.5. The van der Waals surface area contributed by atoms with E-state index in [0.29, 0.717) is 41.3 Å². The highest BCUT2D eigenvalue weighted by atomic mass is 35.5. The van der Waals surface area contributed by atoms with Gasteiger partial charge in [-0.05, 0) is 31.4 Å². The Hall–Kier alpha value is -1.42. The number of carbonyl (C=O) groups is 1. The number of rotatable bonds is 3. The van der Waals surface area contributed by atoms with Crippen molar-refractivity contribution in [1.29, 1.82) is 0 Å². The summed E-state index contributed by atoms with van der Waals surface area (Å²) in [6.45, 7) is 1.96. The predicted molar refractivity (Wildman–Crippen MR) is 70.3 cm³/mol. The lowest BCUT2D eigenvalue weighted by molar-refractivity contribution is -0.140. The second-order valence-corrected chi connectivity index (χ2v) is 5.65. The second kappa shape index (κ2) is 4.04. The van der Waals surface area contributed by atoms with Crippen LogP contribution in [0.15, 0.2) is 6.07 Å². The van der Waals surface area contributed by atoms with Gasteiger partial charge in [-0.2, -0.15) is 0 Å². The fourth-order valence-corrected chi connectivity index (χ4v) is 3.13. The highest BCUT2D eigenvalue weighted by molar-refractivity contribution is 6.33. The molecule has 1 aliphatic carbocycles. The van der Waals surface area contributed by atoms with Gasteiger partial charge >= 0.3 is 5.97 Å². The SMILES string of the molecule is COc1cc(C2(C(=O)O)CC2)c(Cl)c2c1OC(C)C2. The molecule has 1 atom stereocenters. The van der Waals surface area contributed by atoms with Gasteiger partial charge in [0.2, 0.25) is 0 Å². The average Bonchev–Trinajstić information content (AvgIpc) is 3.07. The molecule has 4 nitrogen and oxygen atoms in total. The summed E-state index contributed by atoms with van der Waals surface area (Å²) in [7, 11) is 1.56. The fraction of sp³-hybridized carbons (Fsp3) is 0.500. The summed E-state index contributed by atoms with van der Waals surface area (Å²) < 4.78 is 11.0. The van der Waals surface area contributed by atoms with Crippen molar-refractivity contribution < 1.29 is 19.4 Å². The quantitative estimate of drug-likeness (QED) is 0.926. The van der Waals surface area contributed by atoms with E-state index < -0.39 is 11.4 Å². The Kier molecular flexibility index (Phi) is 2.68. The third kappa shape index (κ3) is 1.70. The molecule has 1 fully saturated rings. The predicted octanol–water partition coefficient (Wildman–Crippen LogP) is 2.79. The number of benzene rings is 1. The molecule has 3 rings (SSSR count). The topological polar surface area (TPSA) is 55.8 Å². The molecule has 0 aromatic heterocycles. The maximum absolute atomic E-state index is 11.5. The van der Waals surface area contributed by atoms with Crippen LogP contribution in [0.2, 0.25) is 5.02 Å². The van der Waals surface area contributed by atoms with Crippen LogP contribution in [0.25, 0.3) is 0 Å². The zero-order valence-electron chi connectivity index (χ0n) is 10.8. The molecule has 1 N–H and O–H groups in total. The van der Waals surface area contributed by atoms with E-state index in [1.54, 1.807) is 13.2 Å². The van der Waals surface area contributed by atoms with Gasteiger partial charge in [0.05, 0.1) is 17.5 Å². The molecule has 0 radical (unpaired) electrons. The lowest BCUT2D eigenvalue weighted by atomic mass is 9.92. The average molecular weight is 283 g/mol. The van der Waals surface area contributed by atoms with Gasteiger partial charge in [0.25, 0.3) is 0 Å². The van der Waals surface area contributed by atoms with Gasteiger partial charge in [-0.3, -0.25) is 4.79 Å². The molecule has 19 heavy (non-hydrogen) atoms. The number of hydrogen-bond donors (Lipinski definition) is 1. The number of carboxylic acids is 1. The summed E-state index contributed by atoms with van der Waals surface area (Å²) in [5, 5.41) is 9.94. The summed E-state index contributed by atoms with van der Waals surface area (Å²) in [6.07, 6.45) is 1.98. The maximum atomic E-state index is 11.5. The molecule has 2 aliphatic rings. The largest absolute Gasteiger partial charge is 0.493 e. The summed E-state index contributed by atoms with van der Waals surface area (Å²) >= 11 is 6.42. The Morgan fingerprint density at radius 3 is 2.79 bits per heavy atom. The van der Waals surface area contributed by atoms with E-state index in [1.807, 2.05) is 6.92 Å². The van der Waals surface area contributed by atoms with Crippen molar-refractivity contribution in [2.24, 2.45) is 0 Å². The van der Waals surface area contributed by atoms with Crippen molar-refractivity contribution >= 4 is 17.6 Å². The van der Waals surface area contributed by atoms with Gasteiger partial charge in [0, 0.05) is 12.0 Å². The number of hydrogen-bond acceptors (Lipinski definition) is 3. The zero-order valence-corrected chi connectivity index (χ0v) is 11.6. The van der Waals surface area contributed by atoms with Gasteiger partial charge < -0.3 is 14.6 Å². The molecule has 1 aromatic carbocycles. The maximum Gasteiger partial charge on any atom is 0.314 e. The molecule has 0 amide bonds. The van der Waals surface area contributed by atoms with E-state index in [-0.39, 0.29) is 6.10 Å². The van der Waals surface area contributed by atoms with Crippen LogP contribution < -0.4 is 9.47 Å². The van der Waals surface area contributed by atoms with Crippen molar-refractivity contribution in [2.75, 3.05) is 7.11 Å². The Morgan fingerprint density at radius 1 is 1.58 bits per heavy atom. The molecule has 0 saturated heterocycles. The normalized spacial score (nSPS) is 22.6. The molecular weight excluding hydrogens is 268 g/mol. The fourth-order valence-electron chi connectivity index (χ4n) is 2.74. The number of aliphatic carboxylic acids is 1. The van der Waals surface area contributed by atoms with E-state index in [0.717, 1.165) is 5.56 Å². The van der Waals surface area contributed by atoms with E-state index >= 15 is 0 Å². The van der Waals surface area contributed by atoms with Crippen LogP contribution in [0.5, 0.6) is 11.5 Å². The van der Waals surface area contributed by atoms with Crippen LogP contribution in [0.3, 0.4) is 0 Å². The van der Waals surface area contributed by atoms with Crippen LogP contribution in [-0.4, -0.2) is 24.3 Å². The Labute approximate surface area is 116 Å². The number of fused-ring (bicyclic) bond motifs is 1. The molecule has 1 heterocycles. The first-order valence-corrected chi connectivity index (χ1v) is 6.67. The van der Waals surface area contributed by atoms with E-state index in [4.69, 9.17) is 21.1 Å².